The number of amides is 4. The van der Waals surface area contributed by atoms with E-state index < -0.39 is 47.5 Å². The van der Waals surface area contributed by atoms with Crippen molar-refractivity contribution in [3.8, 4) is 5.75 Å². The normalized spacial score (nSPS) is 12.6. The summed E-state index contributed by atoms with van der Waals surface area (Å²) >= 11 is 0. The average Bonchev–Trinajstić information content (AvgIpc) is 3.50. The highest BCUT2D eigenvalue weighted by atomic mass is 16.5. The first kappa shape index (κ1) is 36.0. The predicted molar refractivity (Wildman–Crippen MR) is 200 cm³/mol. The summed E-state index contributed by atoms with van der Waals surface area (Å²) in [5.74, 6) is -2.87. The number of Topliss-reactive ketones (excluding diaryl/α,β-unsaturated/α-hetero) is 1. The van der Waals surface area contributed by atoms with Gasteiger partial charge in [0.2, 0.25) is 17.6 Å². The lowest BCUT2D eigenvalue weighted by Crippen LogP contribution is -2.57. The first-order chi connectivity index (χ1) is 24.6. The third-order valence-electron chi connectivity index (χ3n) is 8.45. The highest BCUT2D eigenvalue weighted by Crippen LogP contribution is 2.17. The van der Waals surface area contributed by atoms with Gasteiger partial charge in [-0.1, -0.05) is 72.8 Å². The summed E-state index contributed by atoms with van der Waals surface area (Å²) in [6.07, 6.45) is 1.71. The van der Waals surface area contributed by atoms with Gasteiger partial charge in [-0.25, -0.2) is 0 Å². The minimum Gasteiger partial charge on any atom is -0.497 e. The van der Waals surface area contributed by atoms with Crippen molar-refractivity contribution in [3.05, 3.63) is 132 Å². The van der Waals surface area contributed by atoms with E-state index in [0.29, 0.717) is 22.5 Å². The summed E-state index contributed by atoms with van der Waals surface area (Å²) in [4.78, 5) is 71.7. The van der Waals surface area contributed by atoms with Gasteiger partial charge < -0.3 is 30.6 Å². The Morgan fingerprint density at radius 3 is 2.00 bits per heavy atom. The number of carbonyl (C=O) groups is 5. The van der Waals surface area contributed by atoms with Gasteiger partial charge in [0, 0.05) is 38.3 Å². The molecule has 0 spiro atoms. The van der Waals surface area contributed by atoms with Crippen molar-refractivity contribution < 1.29 is 34.4 Å². The number of hydrogen-bond acceptors (Lipinski definition) is 7. The molecular formula is C39H48N6O6. The fourth-order valence-corrected chi connectivity index (χ4v) is 5.57. The maximum Gasteiger partial charge on any atom is 0.289 e. The van der Waals surface area contributed by atoms with E-state index >= 15 is 0 Å². The molecule has 0 bridgehead atoms. The van der Waals surface area contributed by atoms with Crippen LogP contribution in [0.25, 0.3) is 11.0 Å². The van der Waals surface area contributed by atoms with Crippen molar-refractivity contribution in [2.75, 3.05) is 7.11 Å². The number of fused-ring (bicyclic) bond motifs is 1. The SMILES string of the molecule is COc1ccc(C[C@H](NC(=O)[C@H](C)NC(=O)c2cc3ncccc3n2C)C(=O)N[C@@H](Cc2ccccc2)C(=O)C(=O)NCc2ccccc2)cc1.[HH].[HH].[HH].[HH]. The number of pyridine rings is 1. The number of ketones is 1. The molecule has 3 atom stereocenters. The number of carbonyl (C=O) groups excluding carboxylic acids is 5. The molecule has 0 unspecified atom stereocenters. The molecule has 0 aliphatic heterocycles. The molecule has 4 amide bonds. The monoisotopic (exact) mass is 696 g/mol. The third kappa shape index (κ3) is 9.44. The quantitative estimate of drug-likeness (QED) is 0.120. The van der Waals surface area contributed by atoms with Crippen LogP contribution >= 0.6 is 0 Å². The van der Waals surface area contributed by atoms with Gasteiger partial charge in [0.1, 0.15) is 29.6 Å². The zero-order chi connectivity index (χ0) is 36.3. The Hall–Kier alpha value is -6.30. The summed E-state index contributed by atoms with van der Waals surface area (Å²) < 4.78 is 6.94. The van der Waals surface area contributed by atoms with Crippen LogP contribution in [0.15, 0.2) is 109 Å². The van der Waals surface area contributed by atoms with Crippen molar-refractivity contribution in [1.82, 2.24) is 30.8 Å². The van der Waals surface area contributed by atoms with E-state index in [0.717, 1.165) is 16.6 Å². The zero-order valence-electron chi connectivity index (χ0n) is 28.6. The highest BCUT2D eigenvalue weighted by Gasteiger charge is 2.32. The molecule has 12 nitrogen and oxygen atoms in total. The van der Waals surface area contributed by atoms with Crippen molar-refractivity contribution >= 4 is 40.4 Å². The number of benzene rings is 3. The standard InChI is InChI=1S/C39H40N6O6.4H2/c1-25(42-38(49)34-23-30-33(45(34)2)15-10-20-40-30)36(47)44-32(22-27-16-18-29(51-3)19-17-27)37(48)43-31(21-26-11-6-4-7-12-26)35(46)39(50)41-24-28-13-8-5-9-14-28;;;;/h4-20,23,25,31-32H,21-22,24H2,1-3H3,(H,41,50)(H,42,49)(H,43,48)(H,44,47);4*1H/t25-,31-,32-;;;;/m0..../s1. The molecule has 0 saturated heterocycles. The Morgan fingerprint density at radius 2 is 1.35 bits per heavy atom. The number of aryl methyl sites for hydroxylation is 1. The van der Waals surface area contributed by atoms with Crippen molar-refractivity contribution in [2.45, 2.75) is 44.4 Å². The van der Waals surface area contributed by atoms with Gasteiger partial charge in [0.05, 0.1) is 18.1 Å². The van der Waals surface area contributed by atoms with Gasteiger partial charge >= 0.3 is 0 Å². The van der Waals surface area contributed by atoms with E-state index in [4.69, 9.17) is 4.74 Å². The summed E-state index contributed by atoms with van der Waals surface area (Å²) in [7, 11) is 3.27. The Kier molecular flexibility index (Phi) is 11.9. The Balaban J connectivity index is 0.00000378. The summed E-state index contributed by atoms with van der Waals surface area (Å²) in [6, 6.07) is 26.9. The second-order valence-electron chi connectivity index (χ2n) is 12.1. The van der Waals surface area contributed by atoms with E-state index in [1.165, 1.54) is 14.0 Å². The van der Waals surface area contributed by atoms with Gasteiger partial charge in [0.15, 0.2) is 0 Å². The maximum atomic E-state index is 14.0. The molecule has 0 saturated carbocycles. The molecule has 0 fully saturated rings. The van der Waals surface area contributed by atoms with Crippen LogP contribution in [0.1, 0.15) is 39.8 Å². The Labute approximate surface area is 301 Å². The number of ether oxygens (including phenoxy) is 1. The van der Waals surface area contributed by atoms with Gasteiger partial charge in [-0.05, 0) is 53.9 Å². The van der Waals surface area contributed by atoms with Gasteiger partial charge in [-0.15, -0.1) is 0 Å². The first-order valence-electron chi connectivity index (χ1n) is 16.5. The summed E-state index contributed by atoms with van der Waals surface area (Å²) in [5, 5.41) is 10.8. The lowest BCUT2D eigenvalue weighted by atomic mass is 9.99. The average molecular weight is 697 g/mol. The molecule has 5 rings (SSSR count). The highest BCUT2D eigenvalue weighted by molar-refractivity contribution is 6.38. The predicted octanol–water partition coefficient (Wildman–Crippen LogP) is 4.02. The van der Waals surface area contributed by atoms with Crippen molar-refractivity contribution in [3.63, 3.8) is 0 Å². The Morgan fingerprint density at radius 1 is 0.745 bits per heavy atom. The number of hydrogen-bond donors (Lipinski definition) is 4. The Bertz CT molecular complexity index is 2020. The van der Waals surface area contributed by atoms with Crippen LogP contribution in [0.5, 0.6) is 5.75 Å². The summed E-state index contributed by atoms with van der Waals surface area (Å²) in [5.41, 5.74) is 3.92. The van der Waals surface area contributed by atoms with Crippen LogP contribution in [0.3, 0.4) is 0 Å². The lowest BCUT2D eigenvalue weighted by molar-refractivity contribution is -0.140. The first-order valence-corrected chi connectivity index (χ1v) is 16.5. The second-order valence-corrected chi connectivity index (χ2v) is 12.1. The van der Waals surface area contributed by atoms with Gasteiger partial charge in [0.25, 0.3) is 11.8 Å². The van der Waals surface area contributed by atoms with Crippen LogP contribution in [0, 0.1) is 0 Å². The molecule has 0 aliphatic rings. The molecule has 12 heteroatoms. The molecule has 270 valence electrons. The van der Waals surface area contributed by atoms with Crippen LogP contribution in [-0.2, 0) is 45.6 Å². The van der Waals surface area contributed by atoms with E-state index in [1.54, 1.807) is 78.5 Å². The van der Waals surface area contributed by atoms with E-state index in [1.807, 2.05) is 42.5 Å². The number of nitrogens with one attached hydrogen (secondary N) is 4. The molecule has 4 N–H and O–H groups in total. The topological polar surface area (TPSA) is 161 Å². The van der Waals surface area contributed by atoms with Crippen molar-refractivity contribution in [2.24, 2.45) is 7.05 Å². The fourth-order valence-electron chi connectivity index (χ4n) is 5.57. The smallest absolute Gasteiger partial charge is 0.289 e. The molecular weight excluding hydrogens is 648 g/mol. The molecule has 51 heavy (non-hydrogen) atoms. The minimum absolute atomic E-state index is 0. The number of aromatic nitrogens is 2. The van der Waals surface area contributed by atoms with E-state index in [-0.39, 0.29) is 25.1 Å². The molecule has 2 heterocycles. The number of nitrogens with zero attached hydrogens (tertiary/aromatic N) is 2. The maximum absolute atomic E-state index is 14.0. The minimum atomic E-state index is -1.23. The molecule has 5 aromatic rings. The van der Waals surface area contributed by atoms with Gasteiger partial charge in [-0.3, -0.25) is 29.0 Å². The molecule has 0 aliphatic carbocycles. The van der Waals surface area contributed by atoms with Crippen LogP contribution < -0.4 is 26.0 Å². The molecule has 2 aromatic heterocycles. The number of rotatable bonds is 15. The van der Waals surface area contributed by atoms with Crippen LogP contribution in [-0.4, -0.2) is 64.2 Å². The van der Waals surface area contributed by atoms with Crippen molar-refractivity contribution in [1.29, 1.82) is 0 Å². The van der Waals surface area contributed by atoms with E-state index in [9.17, 15) is 24.0 Å². The molecule has 0 radical (unpaired) electrons. The van der Waals surface area contributed by atoms with Gasteiger partial charge in [-0.2, -0.15) is 0 Å². The zero-order valence-corrected chi connectivity index (χ0v) is 28.6. The third-order valence-corrected chi connectivity index (χ3v) is 8.45. The second kappa shape index (κ2) is 16.9. The lowest BCUT2D eigenvalue weighted by Gasteiger charge is -2.24. The largest absolute Gasteiger partial charge is 0.497 e. The van der Waals surface area contributed by atoms with Crippen LogP contribution in [0.4, 0.5) is 0 Å². The fraction of sp³-hybridized carbons (Fsp3) is 0.231. The van der Waals surface area contributed by atoms with E-state index in [2.05, 4.69) is 26.3 Å². The van der Waals surface area contributed by atoms with Crippen LogP contribution in [0.2, 0.25) is 0 Å². The summed E-state index contributed by atoms with van der Waals surface area (Å²) in [6.45, 7) is 1.64. The molecule has 3 aromatic carbocycles. The number of methoxy groups -OCH3 is 1.